The van der Waals surface area contributed by atoms with Crippen molar-refractivity contribution >= 4 is 17.5 Å². The Labute approximate surface area is 140 Å². The van der Waals surface area contributed by atoms with Crippen LogP contribution in [0.25, 0.3) is 0 Å². The van der Waals surface area contributed by atoms with Crippen LogP contribution in [-0.2, 0) is 22.4 Å². The van der Waals surface area contributed by atoms with Crippen molar-refractivity contribution in [3.8, 4) is 0 Å². The SMILES string of the molecule is O=C(CCc1cn[nH]c1)N1CCO[C@H](Cc2ccccc2Cl)C1. The highest BCUT2D eigenvalue weighted by Gasteiger charge is 2.24. The van der Waals surface area contributed by atoms with E-state index in [1.807, 2.05) is 35.4 Å². The largest absolute Gasteiger partial charge is 0.374 e. The number of morpholine rings is 1. The van der Waals surface area contributed by atoms with Gasteiger partial charge in [0, 0.05) is 37.2 Å². The smallest absolute Gasteiger partial charge is 0.223 e. The van der Waals surface area contributed by atoms with Crippen LogP contribution in [-0.4, -0.2) is 46.8 Å². The maximum Gasteiger partial charge on any atom is 0.223 e. The third kappa shape index (κ3) is 4.33. The molecule has 0 saturated carbocycles. The van der Waals surface area contributed by atoms with Gasteiger partial charge in [0.05, 0.1) is 18.9 Å². The monoisotopic (exact) mass is 333 g/mol. The van der Waals surface area contributed by atoms with Crippen LogP contribution in [0, 0.1) is 0 Å². The van der Waals surface area contributed by atoms with Gasteiger partial charge in [-0.3, -0.25) is 9.89 Å². The molecule has 1 amide bonds. The molecule has 1 atom stereocenters. The van der Waals surface area contributed by atoms with Crippen molar-refractivity contribution < 1.29 is 9.53 Å². The predicted octanol–water partition coefficient (Wildman–Crippen LogP) is 2.47. The summed E-state index contributed by atoms with van der Waals surface area (Å²) in [4.78, 5) is 14.3. The molecule has 0 spiro atoms. The van der Waals surface area contributed by atoms with Crippen LogP contribution in [0.5, 0.6) is 0 Å². The number of hydrogen-bond acceptors (Lipinski definition) is 3. The molecule has 0 radical (unpaired) electrons. The van der Waals surface area contributed by atoms with Crippen molar-refractivity contribution in [3.63, 3.8) is 0 Å². The summed E-state index contributed by atoms with van der Waals surface area (Å²) >= 11 is 6.20. The molecule has 1 fully saturated rings. The average molecular weight is 334 g/mol. The van der Waals surface area contributed by atoms with E-state index in [0.29, 0.717) is 32.5 Å². The van der Waals surface area contributed by atoms with E-state index < -0.39 is 0 Å². The quantitative estimate of drug-likeness (QED) is 0.914. The zero-order valence-electron chi connectivity index (χ0n) is 12.9. The van der Waals surface area contributed by atoms with Crippen molar-refractivity contribution in [3.05, 3.63) is 52.8 Å². The van der Waals surface area contributed by atoms with Crippen molar-refractivity contribution in [1.29, 1.82) is 0 Å². The Balaban J connectivity index is 1.53. The molecular formula is C17H20ClN3O2. The van der Waals surface area contributed by atoms with Crippen molar-refractivity contribution in [2.24, 2.45) is 0 Å². The van der Waals surface area contributed by atoms with Crippen molar-refractivity contribution in [1.82, 2.24) is 15.1 Å². The number of halogens is 1. The predicted molar refractivity (Wildman–Crippen MR) is 88.4 cm³/mol. The van der Waals surface area contributed by atoms with Gasteiger partial charge in [0.2, 0.25) is 5.91 Å². The number of rotatable bonds is 5. The number of aromatic nitrogens is 2. The number of carbonyl (C=O) groups is 1. The molecule has 2 heterocycles. The zero-order chi connectivity index (χ0) is 16.1. The zero-order valence-corrected chi connectivity index (χ0v) is 13.6. The first-order valence-electron chi connectivity index (χ1n) is 7.83. The minimum absolute atomic E-state index is 0.00141. The number of H-pyrrole nitrogens is 1. The van der Waals surface area contributed by atoms with Gasteiger partial charge in [-0.15, -0.1) is 0 Å². The fourth-order valence-electron chi connectivity index (χ4n) is 2.80. The highest BCUT2D eigenvalue weighted by atomic mass is 35.5. The standard InChI is InChI=1S/C17H20ClN3O2/c18-16-4-2-1-3-14(16)9-15-12-21(7-8-23-15)17(22)6-5-13-10-19-20-11-13/h1-4,10-11,15H,5-9,12H2,(H,19,20)/t15-/m1/s1. The fraction of sp³-hybridized carbons (Fsp3) is 0.412. The van der Waals surface area contributed by atoms with Gasteiger partial charge in [0.25, 0.3) is 0 Å². The van der Waals surface area contributed by atoms with E-state index in [1.165, 1.54) is 0 Å². The first-order valence-corrected chi connectivity index (χ1v) is 8.20. The van der Waals surface area contributed by atoms with Gasteiger partial charge >= 0.3 is 0 Å². The summed E-state index contributed by atoms with van der Waals surface area (Å²) in [5.41, 5.74) is 2.12. The molecule has 1 N–H and O–H groups in total. The van der Waals surface area contributed by atoms with Crippen molar-refractivity contribution in [2.45, 2.75) is 25.4 Å². The van der Waals surface area contributed by atoms with Gasteiger partial charge in [0.15, 0.2) is 0 Å². The van der Waals surface area contributed by atoms with Crippen molar-refractivity contribution in [2.75, 3.05) is 19.7 Å². The first-order chi connectivity index (χ1) is 11.2. The fourth-order valence-corrected chi connectivity index (χ4v) is 3.02. The Hall–Kier alpha value is -1.85. The Morgan fingerprint density at radius 2 is 2.30 bits per heavy atom. The lowest BCUT2D eigenvalue weighted by Crippen LogP contribution is -2.46. The Morgan fingerprint density at radius 1 is 1.43 bits per heavy atom. The minimum atomic E-state index is 0.00141. The number of carbonyl (C=O) groups excluding carboxylic acids is 1. The van der Waals surface area contributed by atoms with Crippen LogP contribution >= 0.6 is 11.6 Å². The molecule has 1 aromatic heterocycles. The molecule has 5 nitrogen and oxygen atoms in total. The molecular weight excluding hydrogens is 314 g/mol. The summed E-state index contributed by atoms with van der Waals surface area (Å²) in [6.07, 6.45) is 5.52. The second kappa shape index (κ2) is 7.62. The normalized spacial score (nSPS) is 18.1. The summed E-state index contributed by atoms with van der Waals surface area (Å²) in [7, 11) is 0. The Kier molecular flexibility index (Phi) is 5.31. The van der Waals surface area contributed by atoms with Crippen LogP contribution in [0.3, 0.4) is 0 Å². The molecule has 122 valence electrons. The van der Waals surface area contributed by atoms with Gasteiger partial charge < -0.3 is 9.64 Å². The number of aryl methyl sites for hydroxylation is 1. The molecule has 0 bridgehead atoms. The highest BCUT2D eigenvalue weighted by Crippen LogP contribution is 2.19. The molecule has 0 aliphatic carbocycles. The summed E-state index contributed by atoms with van der Waals surface area (Å²) in [6, 6.07) is 7.77. The van der Waals surface area contributed by atoms with Gasteiger partial charge in [-0.25, -0.2) is 0 Å². The lowest BCUT2D eigenvalue weighted by atomic mass is 10.1. The van der Waals surface area contributed by atoms with Gasteiger partial charge in [-0.05, 0) is 23.6 Å². The maximum atomic E-state index is 12.4. The number of hydrogen-bond donors (Lipinski definition) is 1. The molecule has 0 unspecified atom stereocenters. The summed E-state index contributed by atoms with van der Waals surface area (Å²) in [6.45, 7) is 1.85. The maximum absolute atomic E-state index is 12.4. The third-order valence-corrected chi connectivity index (χ3v) is 4.45. The van der Waals surface area contributed by atoms with Crippen LogP contribution in [0.1, 0.15) is 17.5 Å². The van der Waals surface area contributed by atoms with E-state index in [9.17, 15) is 4.79 Å². The Morgan fingerprint density at radius 3 is 3.09 bits per heavy atom. The lowest BCUT2D eigenvalue weighted by Gasteiger charge is -2.33. The molecule has 2 aromatic rings. The summed E-state index contributed by atoms with van der Waals surface area (Å²) in [5, 5.41) is 7.41. The molecule has 6 heteroatoms. The van der Waals surface area contributed by atoms with E-state index in [2.05, 4.69) is 10.2 Å². The molecule has 1 aromatic carbocycles. The lowest BCUT2D eigenvalue weighted by molar-refractivity contribution is -0.138. The average Bonchev–Trinajstić information content (AvgIpc) is 3.08. The van der Waals surface area contributed by atoms with E-state index in [0.717, 1.165) is 22.6 Å². The van der Waals surface area contributed by atoms with E-state index in [1.54, 1.807) is 6.20 Å². The second-order valence-electron chi connectivity index (χ2n) is 5.73. The van der Waals surface area contributed by atoms with Gasteiger partial charge in [-0.1, -0.05) is 29.8 Å². The molecule has 1 aliphatic rings. The highest BCUT2D eigenvalue weighted by molar-refractivity contribution is 6.31. The van der Waals surface area contributed by atoms with Gasteiger partial charge in [-0.2, -0.15) is 5.10 Å². The van der Waals surface area contributed by atoms with Crippen LogP contribution in [0.2, 0.25) is 5.02 Å². The number of aromatic amines is 1. The molecule has 1 saturated heterocycles. The van der Waals surface area contributed by atoms with Crippen LogP contribution < -0.4 is 0 Å². The van der Waals surface area contributed by atoms with Crippen LogP contribution in [0.4, 0.5) is 0 Å². The van der Waals surface area contributed by atoms with E-state index >= 15 is 0 Å². The number of ether oxygens (including phenoxy) is 1. The topological polar surface area (TPSA) is 58.2 Å². The first kappa shape index (κ1) is 16.0. The number of benzene rings is 1. The van der Waals surface area contributed by atoms with E-state index in [-0.39, 0.29) is 12.0 Å². The second-order valence-corrected chi connectivity index (χ2v) is 6.14. The summed E-state index contributed by atoms with van der Waals surface area (Å²) < 4.78 is 5.80. The molecule has 23 heavy (non-hydrogen) atoms. The number of amides is 1. The third-order valence-electron chi connectivity index (χ3n) is 4.08. The number of nitrogens with one attached hydrogen (secondary N) is 1. The Bertz CT molecular complexity index is 645. The van der Waals surface area contributed by atoms with Gasteiger partial charge in [0.1, 0.15) is 0 Å². The van der Waals surface area contributed by atoms with E-state index in [4.69, 9.17) is 16.3 Å². The molecule has 1 aliphatic heterocycles. The summed E-state index contributed by atoms with van der Waals surface area (Å²) in [5.74, 6) is 0.165. The van der Waals surface area contributed by atoms with Crippen LogP contribution in [0.15, 0.2) is 36.7 Å². The number of nitrogens with zero attached hydrogens (tertiary/aromatic N) is 2. The molecule has 3 rings (SSSR count). The minimum Gasteiger partial charge on any atom is -0.374 e.